The second-order valence-corrected chi connectivity index (χ2v) is 9.37. The number of piperidine rings is 1. The minimum absolute atomic E-state index is 0.189. The molecular formula is C28H29N7O. The summed E-state index contributed by atoms with van der Waals surface area (Å²) in [5.74, 6) is 1.71. The van der Waals surface area contributed by atoms with Gasteiger partial charge in [0.25, 0.3) is 5.56 Å². The van der Waals surface area contributed by atoms with Crippen molar-refractivity contribution in [2.75, 3.05) is 25.0 Å². The monoisotopic (exact) mass is 479 g/mol. The molecule has 0 amide bonds. The molecule has 4 heterocycles. The molecule has 0 unspecified atom stereocenters. The number of nitrogens with one attached hydrogen (secondary N) is 2. The molecule has 3 aromatic heterocycles. The molecule has 0 aliphatic carbocycles. The van der Waals surface area contributed by atoms with Gasteiger partial charge in [-0.25, -0.2) is 15.0 Å². The Balaban J connectivity index is 1.42. The number of aromatic amines is 1. The van der Waals surface area contributed by atoms with Gasteiger partial charge in [0.2, 0.25) is 0 Å². The molecule has 4 aromatic rings. The zero-order chi connectivity index (χ0) is 25.1. The van der Waals surface area contributed by atoms with Crippen LogP contribution in [0.2, 0.25) is 0 Å². The highest BCUT2D eigenvalue weighted by Crippen LogP contribution is 2.33. The quantitative estimate of drug-likeness (QED) is 0.407. The average molecular weight is 480 g/mol. The highest BCUT2D eigenvalue weighted by atomic mass is 16.1. The van der Waals surface area contributed by atoms with Gasteiger partial charge in [0.15, 0.2) is 0 Å². The number of nitrogens with zero attached hydrogens (tertiary/aromatic N) is 5. The first-order chi connectivity index (χ1) is 17.5. The molecule has 1 fully saturated rings. The van der Waals surface area contributed by atoms with Gasteiger partial charge >= 0.3 is 0 Å². The van der Waals surface area contributed by atoms with Crippen LogP contribution in [-0.4, -0.2) is 44.5 Å². The summed E-state index contributed by atoms with van der Waals surface area (Å²) in [6.45, 7) is 6.90. The smallest absolute Gasteiger partial charge is 0.259 e. The molecule has 1 saturated heterocycles. The third kappa shape index (κ3) is 4.97. The van der Waals surface area contributed by atoms with E-state index in [1.165, 1.54) is 11.1 Å². The number of pyridine rings is 2. The van der Waals surface area contributed by atoms with Crippen LogP contribution in [0.15, 0.2) is 53.7 Å². The molecule has 8 heteroatoms. The normalized spacial score (nSPS) is 14.6. The minimum atomic E-state index is -0.189. The van der Waals surface area contributed by atoms with E-state index >= 15 is 0 Å². The molecule has 0 radical (unpaired) electrons. The summed E-state index contributed by atoms with van der Waals surface area (Å²) in [5.41, 5.74) is 4.77. The second kappa shape index (κ2) is 10.3. The Bertz CT molecular complexity index is 1480. The van der Waals surface area contributed by atoms with E-state index in [2.05, 4.69) is 56.4 Å². The van der Waals surface area contributed by atoms with E-state index in [1.807, 2.05) is 19.1 Å². The lowest BCUT2D eigenvalue weighted by Gasteiger charge is -2.32. The van der Waals surface area contributed by atoms with Crippen LogP contribution in [-0.2, 0) is 0 Å². The van der Waals surface area contributed by atoms with Gasteiger partial charge in [0, 0.05) is 42.8 Å². The molecule has 1 aliphatic rings. The summed E-state index contributed by atoms with van der Waals surface area (Å²) in [6.07, 6.45) is 7.93. The fraction of sp³-hybridized carbons (Fsp3) is 0.321. The van der Waals surface area contributed by atoms with E-state index in [-0.39, 0.29) is 5.56 Å². The zero-order valence-corrected chi connectivity index (χ0v) is 20.6. The van der Waals surface area contributed by atoms with Gasteiger partial charge in [-0.3, -0.25) is 4.79 Å². The Morgan fingerprint density at radius 2 is 1.92 bits per heavy atom. The number of hydrogen-bond donors (Lipinski definition) is 2. The number of H-pyrrole nitrogens is 1. The second-order valence-electron chi connectivity index (χ2n) is 9.37. The molecule has 0 atom stereocenters. The van der Waals surface area contributed by atoms with Crippen molar-refractivity contribution in [3.05, 3.63) is 76.2 Å². The topological polar surface area (TPSA) is 111 Å². The molecule has 8 nitrogen and oxygen atoms in total. The van der Waals surface area contributed by atoms with E-state index in [1.54, 1.807) is 18.6 Å². The van der Waals surface area contributed by atoms with Crippen LogP contribution in [0.5, 0.6) is 0 Å². The van der Waals surface area contributed by atoms with Crippen LogP contribution in [0.25, 0.3) is 22.0 Å². The van der Waals surface area contributed by atoms with E-state index in [4.69, 9.17) is 10.2 Å². The predicted octanol–water partition coefficient (Wildman–Crippen LogP) is 4.83. The van der Waals surface area contributed by atoms with Crippen LogP contribution >= 0.6 is 0 Å². The molecule has 2 N–H and O–H groups in total. The summed E-state index contributed by atoms with van der Waals surface area (Å²) >= 11 is 0. The standard InChI is InChI=1S/C28H29N7O/c1-18-14-23(4-5-24(18)20-7-12-35(13-8-20)11-3-9-29)33-27-26-21(6-10-30-28(26)36)15-25(34-27)22-16-31-19(2)32-17-22/h4-6,10,14-17,20H,3,7-8,11-13H2,1-2H3,(H,30,36)(H,33,34). The van der Waals surface area contributed by atoms with Crippen LogP contribution < -0.4 is 10.9 Å². The van der Waals surface area contributed by atoms with Crippen LogP contribution in [0.1, 0.15) is 42.1 Å². The molecule has 0 saturated carbocycles. The Kier molecular flexibility index (Phi) is 6.74. The molecule has 1 aliphatic heterocycles. The van der Waals surface area contributed by atoms with Crippen molar-refractivity contribution in [1.29, 1.82) is 5.26 Å². The number of fused-ring (bicyclic) bond motifs is 1. The number of aryl methyl sites for hydroxylation is 2. The number of benzene rings is 1. The molecule has 0 spiro atoms. The van der Waals surface area contributed by atoms with Crippen molar-refractivity contribution in [2.24, 2.45) is 0 Å². The third-order valence-electron chi connectivity index (χ3n) is 6.93. The number of nitriles is 1. The maximum Gasteiger partial charge on any atom is 0.259 e. The van der Waals surface area contributed by atoms with E-state index < -0.39 is 0 Å². The maximum atomic E-state index is 12.7. The van der Waals surface area contributed by atoms with Crippen LogP contribution in [0.4, 0.5) is 11.5 Å². The van der Waals surface area contributed by atoms with Crippen molar-refractivity contribution >= 4 is 22.3 Å². The zero-order valence-electron chi connectivity index (χ0n) is 20.6. The number of rotatable bonds is 6. The van der Waals surface area contributed by atoms with Crippen molar-refractivity contribution in [1.82, 2.24) is 24.8 Å². The highest BCUT2D eigenvalue weighted by Gasteiger charge is 2.22. The number of likely N-dealkylation sites (tertiary alicyclic amines) is 1. The average Bonchev–Trinajstić information content (AvgIpc) is 2.88. The highest BCUT2D eigenvalue weighted by molar-refractivity contribution is 5.95. The first-order valence-electron chi connectivity index (χ1n) is 12.3. The van der Waals surface area contributed by atoms with Gasteiger partial charge in [0.1, 0.15) is 11.6 Å². The fourth-order valence-corrected chi connectivity index (χ4v) is 5.00. The molecule has 1 aromatic carbocycles. The van der Waals surface area contributed by atoms with E-state index in [0.29, 0.717) is 35.1 Å². The summed E-state index contributed by atoms with van der Waals surface area (Å²) in [6, 6.07) is 12.4. The molecule has 36 heavy (non-hydrogen) atoms. The first-order valence-corrected chi connectivity index (χ1v) is 12.3. The fourth-order valence-electron chi connectivity index (χ4n) is 5.00. The number of anilines is 2. The van der Waals surface area contributed by atoms with E-state index in [9.17, 15) is 4.79 Å². The molecule has 182 valence electrons. The molecule has 0 bridgehead atoms. The van der Waals surface area contributed by atoms with Gasteiger partial charge in [0.05, 0.1) is 17.1 Å². The van der Waals surface area contributed by atoms with Gasteiger partial charge in [-0.2, -0.15) is 5.26 Å². The molecular weight excluding hydrogens is 450 g/mol. The maximum absolute atomic E-state index is 12.7. The van der Waals surface area contributed by atoms with Crippen molar-refractivity contribution < 1.29 is 0 Å². The summed E-state index contributed by atoms with van der Waals surface area (Å²) in [5, 5.41) is 13.5. The Hall–Kier alpha value is -4.09. The Morgan fingerprint density at radius 1 is 1.14 bits per heavy atom. The lowest BCUT2D eigenvalue weighted by atomic mass is 9.86. The largest absolute Gasteiger partial charge is 0.340 e. The van der Waals surface area contributed by atoms with Crippen molar-refractivity contribution in [3.63, 3.8) is 0 Å². The summed E-state index contributed by atoms with van der Waals surface area (Å²) < 4.78 is 0. The van der Waals surface area contributed by atoms with Crippen LogP contribution in [0, 0.1) is 25.2 Å². The van der Waals surface area contributed by atoms with E-state index in [0.717, 1.165) is 49.1 Å². The predicted molar refractivity (Wildman–Crippen MR) is 141 cm³/mol. The lowest BCUT2D eigenvalue weighted by molar-refractivity contribution is 0.216. The van der Waals surface area contributed by atoms with Crippen molar-refractivity contribution in [2.45, 2.75) is 39.0 Å². The van der Waals surface area contributed by atoms with Crippen molar-refractivity contribution in [3.8, 4) is 17.3 Å². The molecule has 5 rings (SSSR count). The summed E-state index contributed by atoms with van der Waals surface area (Å²) in [4.78, 5) is 31.2. The Morgan fingerprint density at radius 3 is 2.64 bits per heavy atom. The van der Waals surface area contributed by atoms with Gasteiger partial charge < -0.3 is 15.2 Å². The van der Waals surface area contributed by atoms with Gasteiger partial charge in [-0.15, -0.1) is 0 Å². The lowest BCUT2D eigenvalue weighted by Crippen LogP contribution is -2.33. The van der Waals surface area contributed by atoms with Crippen LogP contribution in [0.3, 0.4) is 0 Å². The number of aromatic nitrogens is 4. The Labute approximate surface area is 210 Å². The number of hydrogen-bond acceptors (Lipinski definition) is 7. The van der Waals surface area contributed by atoms with Gasteiger partial charge in [-0.1, -0.05) is 6.07 Å². The SMILES string of the molecule is Cc1ncc(-c2cc3cc[nH]c(=O)c3c(Nc3ccc(C4CCN(CCC#N)CC4)c(C)c3)n2)cn1. The van der Waals surface area contributed by atoms with Gasteiger partial charge in [-0.05, 0) is 86.5 Å². The first kappa shape index (κ1) is 23.6. The minimum Gasteiger partial charge on any atom is -0.340 e. The summed E-state index contributed by atoms with van der Waals surface area (Å²) in [7, 11) is 0. The third-order valence-corrected chi connectivity index (χ3v) is 6.93.